The first-order valence-corrected chi connectivity index (χ1v) is 12.5. The van der Waals surface area contributed by atoms with Crippen molar-refractivity contribution >= 4 is 53.7 Å². The molecule has 0 unspecified atom stereocenters. The highest BCUT2D eigenvalue weighted by Gasteiger charge is 2.17. The van der Waals surface area contributed by atoms with E-state index in [4.69, 9.17) is 0 Å². The van der Waals surface area contributed by atoms with E-state index in [1.165, 1.54) is 0 Å². The van der Waals surface area contributed by atoms with Gasteiger partial charge in [-0.1, -0.05) is 13.8 Å². The van der Waals surface area contributed by atoms with Gasteiger partial charge in [-0.05, 0) is 55.6 Å². The van der Waals surface area contributed by atoms with Gasteiger partial charge in [0.25, 0.3) is 0 Å². The predicted molar refractivity (Wildman–Crippen MR) is 124 cm³/mol. The maximum absolute atomic E-state index is 12.9. The first-order chi connectivity index (χ1) is 14.5. The summed E-state index contributed by atoms with van der Waals surface area (Å²) in [6.07, 6.45) is 1.72. The van der Waals surface area contributed by atoms with Crippen molar-refractivity contribution in [1.82, 2.24) is 14.9 Å². The average Bonchev–Trinajstić information content (AvgIpc) is 3.22. The summed E-state index contributed by atoms with van der Waals surface area (Å²) in [4.78, 5) is 11.2. The number of hydrogen-bond donors (Lipinski definition) is 1. The van der Waals surface area contributed by atoms with Gasteiger partial charge in [0.15, 0.2) is 9.84 Å². The normalized spacial score (nSPS) is 12.1. The second-order valence-corrected chi connectivity index (χ2v) is 10.0. The van der Waals surface area contributed by atoms with Crippen LogP contribution in [0.4, 0.5) is 11.4 Å². The molecule has 0 aliphatic heterocycles. The van der Waals surface area contributed by atoms with Crippen molar-refractivity contribution < 1.29 is 8.42 Å². The van der Waals surface area contributed by atoms with E-state index in [1.807, 2.05) is 43.6 Å². The van der Waals surface area contributed by atoms with Crippen LogP contribution in [0.5, 0.6) is 0 Å². The molecule has 4 aromatic rings. The minimum absolute atomic E-state index is 0.101. The van der Waals surface area contributed by atoms with E-state index in [1.54, 1.807) is 35.7 Å². The van der Waals surface area contributed by atoms with Crippen LogP contribution in [0.2, 0.25) is 0 Å². The molecule has 156 valence electrons. The Hall–Kier alpha value is -2.55. The van der Waals surface area contributed by atoms with E-state index in [-0.39, 0.29) is 5.75 Å². The Labute approximate surface area is 180 Å². The Morgan fingerprint density at radius 1 is 1.00 bits per heavy atom. The van der Waals surface area contributed by atoms with E-state index in [0.29, 0.717) is 11.4 Å². The molecular formula is C22H24N4O2S2. The summed E-state index contributed by atoms with van der Waals surface area (Å²) in [6.45, 7) is 6.28. The van der Waals surface area contributed by atoms with E-state index in [2.05, 4.69) is 20.2 Å². The van der Waals surface area contributed by atoms with Crippen LogP contribution >= 0.6 is 11.3 Å². The number of benzene rings is 2. The fourth-order valence-electron chi connectivity index (χ4n) is 3.43. The molecule has 2 aromatic heterocycles. The lowest BCUT2D eigenvalue weighted by Crippen LogP contribution is -2.29. The minimum Gasteiger partial charge on any atom is -0.355 e. The number of nitrogens with one attached hydrogen (secondary N) is 1. The molecule has 0 saturated heterocycles. The Bertz CT molecular complexity index is 1280. The maximum atomic E-state index is 12.9. The van der Waals surface area contributed by atoms with Gasteiger partial charge in [-0.15, -0.1) is 11.3 Å². The zero-order valence-corrected chi connectivity index (χ0v) is 18.6. The fraction of sp³-hybridized carbons (Fsp3) is 0.273. The summed E-state index contributed by atoms with van der Waals surface area (Å²) in [7, 11) is -3.38. The molecule has 0 bridgehead atoms. The molecule has 2 heterocycles. The van der Waals surface area contributed by atoms with Crippen molar-refractivity contribution in [3.05, 3.63) is 54.2 Å². The first-order valence-electron chi connectivity index (χ1n) is 9.94. The van der Waals surface area contributed by atoms with Crippen LogP contribution < -0.4 is 5.32 Å². The van der Waals surface area contributed by atoms with Gasteiger partial charge in [-0.3, -0.25) is 4.98 Å². The van der Waals surface area contributed by atoms with Crippen LogP contribution in [-0.4, -0.2) is 48.7 Å². The number of aromatic nitrogens is 2. The molecule has 0 amide bonds. The van der Waals surface area contributed by atoms with E-state index in [9.17, 15) is 8.42 Å². The predicted octanol–water partition coefficient (Wildman–Crippen LogP) is 4.70. The van der Waals surface area contributed by atoms with Gasteiger partial charge in [0.2, 0.25) is 0 Å². The molecule has 6 nitrogen and oxygen atoms in total. The molecule has 0 atom stereocenters. The van der Waals surface area contributed by atoms with Crippen LogP contribution in [0, 0.1) is 0 Å². The van der Waals surface area contributed by atoms with Crippen molar-refractivity contribution in [2.45, 2.75) is 18.7 Å². The molecule has 0 spiro atoms. The number of pyridine rings is 1. The third kappa shape index (κ3) is 4.30. The van der Waals surface area contributed by atoms with E-state index >= 15 is 0 Å². The van der Waals surface area contributed by atoms with Gasteiger partial charge in [0.05, 0.1) is 31.9 Å². The largest absolute Gasteiger partial charge is 0.355 e. The third-order valence-corrected chi connectivity index (χ3v) is 7.75. The van der Waals surface area contributed by atoms with Crippen molar-refractivity contribution in [3.8, 4) is 0 Å². The monoisotopic (exact) mass is 440 g/mol. The molecule has 0 radical (unpaired) electrons. The van der Waals surface area contributed by atoms with Gasteiger partial charge < -0.3 is 10.2 Å². The van der Waals surface area contributed by atoms with Crippen LogP contribution in [0.25, 0.3) is 21.1 Å². The number of fused-ring (bicyclic) bond motifs is 2. The molecule has 0 fully saturated rings. The highest BCUT2D eigenvalue weighted by molar-refractivity contribution is 7.91. The smallest absolute Gasteiger partial charge is 0.179 e. The Kier molecular flexibility index (Phi) is 5.99. The number of nitrogens with zero attached hydrogens (tertiary/aromatic N) is 3. The van der Waals surface area contributed by atoms with Crippen LogP contribution in [0.15, 0.2) is 59.1 Å². The Morgan fingerprint density at radius 2 is 1.83 bits per heavy atom. The summed E-state index contributed by atoms with van der Waals surface area (Å²) in [6, 6.07) is 13.0. The van der Waals surface area contributed by atoms with E-state index in [0.717, 1.165) is 45.6 Å². The highest BCUT2D eigenvalue weighted by Crippen LogP contribution is 2.29. The summed E-state index contributed by atoms with van der Waals surface area (Å²) < 4.78 is 27.0. The second kappa shape index (κ2) is 8.67. The van der Waals surface area contributed by atoms with Gasteiger partial charge in [-0.25, -0.2) is 13.4 Å². The van der Waals surface area contributed by atoms with Crippen LogP contribution in [0.1, 0.15) is 13.8 Å². The van der Waals surface area contributed by atoms with Gasteiger partial charge >= 0.3 is 0 Å². The zero-order chi connectivity index (χ0) is 21.1. The Balaban J connectivity index is 1.66. The zero-order valence-electron chi connectivity index (χ0n) is 17.0. The third-order valence-electron chi connectivity index (χ3n) is 5.25. The lowest BCUT2D eigenvalue weighted by molar-refractivity contribution is 0.321. The molecule has 0 saturated carbocycles. The minimum atomic E-state index is -3.38. The molecular weight excluding hydrogens is 416 g/mol. The van der Waals surface area contributed by atoms with Crippen molar-refractivity contribution in [1.29, 1.82) is 0 Å². The molecule has 4 rings (SSSR count). The molecule has 8 heteroatoms. The quantitative estimate of drug-likeness (QED) is 0.428. The number of sulfone groups is 1. The first kappa shape index (κ1) is 20.7. The van der Waals surface area contributed by atoms with Gasteiger partial charge in [0.1, 0.15) is 0 Å². The standard InChI is InChI=1S/C22H24N4O2S2/c1-3-26(4-2)11-12-30(27,28)17-6-7-19-18(14-17)20(9-10-23-19)25-16-5-8-22-21(13-16)24-15-29-22/h5-10,13-15H,3-4,11-12H2,1-2H3,(H,23,25). The summed E-state index contributed by atoms with van der Waals surface area (Å²) in [5.41, 5.74) is 5.22. The van der Waals surface area contributed by atoms with E-state index < -0.39 is 9.84 Å². The summed E-state index contributed by atoms with van der Waals surface area (Å²) in [5, 5.41) is 4.18. The molecule has 0 aliphatic carbocycles. The lowest BCUT2D eigenvalue weighted by Gasteiger charge is -2.18. The number of rotatable bonds is 8. The molecule has 1 N–H and O–H groups in total. The van der Waals surface area contributed by atoms with Crippen LogP contribution in [-0.2, 0) is 9.84 Å². The SMILES string of the molecule is CCN(CC)CCS(=O)(=O)c1ccc2nccc(Nc3ccc4scnc4c3)c2c1. The fourth-order valence-corrected chi connectivity index (χ4v) is 5.39. The number of thiazole rings is 1. The highest BCUT2D eigenvalue weighted by atomic mass is 32.2. The van der Waals surface area contributed by atoms with Gasteiger partial charge in [-0.2, -0.15) is 0 Å². The summed E-state index contributed by atoms with van der Waals surface area (Å²) >= 11 is 1.60. The maximum Gasteiger partial charge on any atom is 0.179 e. The molecule has 30 heavy (non-hydrogen) atoms. The second-order valence-electron chi connectivity index (χ2n) is 7.04. The van der Waals surface area contributed by atoms with Crippen molar-refractivity contribution in [3.63, 3.8) is 0 Å². The number of hydrogen-bond acceptors (Lipinski definition) is 7. The van der Waals surface area contributed by atoms with Crippen LogP contribution in [0.3, 0.4) is 0 Å². The number of anilines is 2. The topological polar surface area (TPSA) is 75.2 Å². The molecule has 2 aromatic carbocycles. The van der Waals surface area contributed by atoms with Crippen molar-refractivity contribution in [2.75, 3.05) is 30.7 Å². The lowest BCUT2D eigenvalue weighted by atomic mass is 10.2. The van der Waals surface area contributed by atoms with Crippen molar-refractivity contribution in [2.24, 2.45) is 0 Å². The average molecular weight is 441 g/mol. The molecule has 0 aliphatic rings. The Morgan fingerprint density at radius 3 is 2.63 bits per heavy atom. The summed E-state index contributed by atoms with van der Waals surface area (Å²) in [5.74, 6) is 0.101. The van der Waals surface area contributed by atoms with Gasteiger partial charge in [0, 0.05) is 29.5 Å².